The summed E-state index contributed by atoms with van der Waals surface area (Å²) in [4.78, 5) is 13.2. The van der Waals surface area contributed by atoms with Crippen LogP contribution in [0.25, 0.3) is 27.6 Å². The maximum absolute atomic E-state index is 13.2. The molecule has 0 saturated heterocycles. The van der Waals surface area contributed by atoms with Crippen molar-refractivity contribution in [1.29, 1.82) is 5.26 Å². The second-order valence-electron chi connectivity index (χ2n) is 9.51. The zero-order valence-corrected chi connectivity index (χ0v) is 21.7. The molecular formula is C34H28N2O2. The molecule has 0 heterocycles. The van der Waals surface area contributed by atoms with E-state index < -0.39 is 5.91 Å². The van der Waals surface area contributed by atoms with Crippen molar-refractivity contribution in [3.05, 3.63) is 124 Å². The Morgan fingerprint density at radius 1 is 0.842 bits per heavy atom. The number of benzene rings is 5. The maximum Gasteiger partial charge on any atom is 0.266 e. The molecule has 38 heavy (non-hydrogen) atoms. The normalized spacial score (nSPS) is 11.4. The number of hydrogen-bond donors (Lipinski definition) is 1. The van der Waals surface area contributed by atoms with Crippen molar-refractivity contribution in [2.45, 2.75) is 27.4 Å². The number of nitrogens with zero attached hydrogens (tertiary/aromatic N) is 1. The molecule has 0 radical (unpaired) electrons. The van der Waals surface area contributed by atoms with Crippen LogP contribution in [-0.4, -0.2) is 5.91 Å². The van der Waals surface area contributed by atoms with Gasteiger partial charge in [0.1, 0.15) is 24.0 Å². The van der Waals surface area contributed by atoms with Crippen LogP contribution in [0, 0.1) is 32.1 Å². The number of nitrogens with one attached hydrogen (secondary N) is 1. The van der Waals surface area contributed by atoms with Gasteiger partial charge in [-0.25, -0.2) is 0 Å². The molecule has 0 aliphatic carbocycles. The quantitative estimate of drug-likeness (QED) is 0.191. The van der Waals surface area contributed by atoms with Crippen LogP contribution in [0.4, 0.5) is 5.69 Å². The van der Waals surface area contributed by atoms with E-state index in [9.17, 15) is 10.1 Å². The van der Waals surface area contributed by atoms with Gasteiger partial charge in [0.05, 0.1) is 0 Å². The molecule has 0 aliphatic heterocycles. The number of ether oxygens (including phenoxy) is 1. The molecule has 5 aromatic carbocycles. The highest BCUT2D eigenvalue weighted by Gasteiger charge is 2.15. The number of nitriles is 1. The molecule has 1 amide bonds. The highest BCUT2D eigenvalue weighted by atomic mass is 16.5. The monoisotopic (exact) mass is 496 g/mol. The average molecular weight is 497 g/mol. The van der Waals surface area contributed by atoms with Gasteiger partial charge in [-0.1, -0.05) is 84.4 Å². The fourth-order valence-electron chi connectivity index (χ4n) is 4.77. The van der Waals surface area contributed by atoms with Gasteiger partial charge in [0, 0.05) is 16.8 Å². The third-order valence-corrected chi connectivity index (χ3v) is 6.86. The lowest BCUT2D eigenvalue weighted by molar-refractivity contribution is -0.112. The molecule has 5 aromatic rings. The summed E-state index contributed by atoms with van der Waals surface area (Å²) in [6.07, 6.45) is 1.63. The standard InChI is InChI=1S/C34H28N2O2/c1-22-12-16-32(24(3)18-22)36-34(37)27(20-35)19-30-28-10-6-4-9-26(28)15-17-33(30)38-21-31-23(2)13-14-25-8-5-7-11-29(25)31/h4-19H,21H2,1-3H3,(H,36,37)/b27-19+. The number of carbonyl (C=O) groups is 1. The Balaban J connectivity index is 1.53. The van der Waals surface area contributed by atoms with Gasteiger partial charge >= 0.3 is 0 Å². The van der Waals surface area contributed by atoms with Crippen molar-refractivity contribution in [3.8, 4) is 11.8 Å². The van der Waals surface area contributed by atoms with Crippen LogP contribution in [0.1, 0.15) is 27.8 Å². The number of aryl methyl sites for hydroxylation is 3. The first-order chi connectivity index (χ1) is 18.4. The van der Waals surface area contributed by atoms with Gasteiger partial charge in [0.2, 0.25) is 0 Å². The third-order valence-electron chi connectivity index (χ3n) is 6.86. The lowest BCUT2D eigenvalue weighted by Crippen LogP contribution is -2.14. The van der Waals surface area contributed by atoms with Gasteiger partial charge in [-0.05, 0) is 71.7 Å². The summed E-state index contributed by atoms with van der Waals surface area (Å²) in [6.45, 7) is 6.38. The highest BCUT2D eigenvalue weighted by molar-refractivity contribution is 6.11. The maximum atomic E-state index is 13.2. The van der Waals surface area contributed by atoms with E-state index in [1.807, 2.05) is 80.6 Å². The van der Waals surface area contributed by atoms with Crippen LogP contribution < -0.4 is 10.1 Å². The average Bonchev–Trinajstić information content (AvgIpc) is 2.93. The highest BCUT2D eigenvalue weighted by Crippen LogP contribution is 2.32. The molecule has 0 atom stereocenters. The van der Waals surface area contributed by atoms with Crippen molar-refractivity contribution in [2.75, 3.05) is 5.32 Å². The van der Waals surface area contributed by atoms with E-state index >= 15 is 0 Å². The van der Waals surface area contributed by atoms with Crippen LogP contribution in [0.15, 0.2) is 96.6 Å². The summed E-state index contributed by atoms with van der Waals surface area (Å²) in [5.41, 5.74) is 5.70. The topological polar surface area (TPSA) is 62.1 Å². The smallest absolute Gasteiger partial charge is 0.266 e. The number of amides is 1. The van der Waals surface area contributed by atoms with Crippen molar-refractivity contribution in [1.82, 2.24) is 0 Å². The Bertz CT molecular complexity index is 1760. The molecule has 4 nitrogen and oxygen atoms in total. The minimum atomic E-state index is -0.455. The van der Waals surface area contributed by atoms with E-state index in [1.54, 1.807) is 6.08 Å². The van der Waals surface area contributed by atoms with Crippen molar-refractivity contribution >= 4 is 39.2 Å². The Hall–Kier alpha value is -4.88. The van der Waals surface area contributed by atoms with Crippen LogP contribution in [-0.2, 0) is 11.4 Å². The number of anilines is 1. The summed E-state index contributed by atoms with van der Waals surface area (Å²) < 4.78 is 6.41. The molecule has 186 valence electrons. The number of hydrogen-bond acceptors (Lipinski definition) is 3. The Morgan fingerprint density at radius 2 is 1.53 bits per heavy atom. The number of carbonyl (C=O) groups excluding carboxylic acids is 1. The minimum Gasteiger partial charge on any atom is -0.488 e. The Labute approximate surface area is 222 Å². The zero-order valence-electron chi connectivity index (χ0n) is 21.7. The van der Waals surface area contributed by atoms with E-state index in [1.165, 1.54) is 0 Å². The van der Waals surface area contributed by atoms with Crippen LogP contribution in [0.3, 0.4) is 0 Å². The van der Waals surface area contributed by atoms with Gasteiger partial charge in [-0.2, -0.15) is 5.26 Å². The first kappa shape index (κ1) is 24.8. The summed E-state index contributed by atoms with van der Waals surface area (Å²) in [7, 11) is 0. The lowest BCUT2D eigenvalue weighted by atomic mass is 9.99. The Morgan fingerprint density at radius 3 is 2.26 bits per heavy atom. The fourth-order valence-corrected chi connectivity index (χ4v) is 4.77. The molecule has 4 heteroatoms. The van der Waals surface area contributed by atoms with Crippen LogP contribution >= 0.6 is 0 Å². The summed E-state index contributed by atoms with van der Waals surface area (Å²) >= 11 is 0. The van der Waals surface area contributed by atoms with E-state index in [2.05, 4.69) is 42.6 Å². The second kappa shape index (κ2) is 10.6. The van der Waals surface area contributed by atoms with Crippen molar-refractivity contribution in [3.63, 3.8) is 0 Å². The van der Waals surface area contributed by atoms with Crippen LogP contribution in [0.5, 0.6) is 5.75 Å². The SMILES string of the molecule is Cc1ccc(NC(=O)/C(C#N)=C/c2c(OCc3c(C)ccc4ccccc34)ccc3ccccc23)c(C)c1. The van der Waals surface area contributed by atoms with Crippen molar-refractivity contribution < 1.29 is 9.53 Å². The predicted molar refractivity (Wildman–Crippen MR) is 155 cm³/mol. The molecular weight excluding hydrogens is 468 g/mol. The second-order valence-corrected chi connectivity index (χ2v) is 9.51. The lowest BCUT2D eigenvalue weighted by Gasteiger charge is -2.15. The van der Waals surface area contributed by atoms with E-state index in [0.717, 1.165) is 43.8 Å². The number of rotatable bonds is 6. The van der Waals surface area contributed by atoms with Gasteiger partial charge < -0.3 is 10.1 Å². The van der Waals surface area contributed by atoms with Gasteiger partial charge in [-0.3, -0.25) is 4.79 Å². The zero-order chi connectivity index (χ0) is 26.6. The molecule has 0 unspecified atom stereocenters. The summed E-state index contributed by atoms with van der Waals surface area (Å²) in [5, 5.41) is 17.1. The molecule has 0 saturated carbocycles. The first-order valence-electron chi connectivity index (χ1n) is 12.6. The molecule has 0 fully saturated rings. The predicted octanol–water partition coefficient (Wildman–Crippen LogP) is 8.04. The largest absolute Gasteiger partial charge is 0.488 e. The molecule has 0 spiro atoms. The van der Waals surface area contributed by atoms with Crippen LogP contribution in [0.2, 0.25) is 0 Å². The van der Waals surface area contributed by atoms with E-state index in [4.69, 9.17) is 4.74 Å². The molecule has 0 aromatic heterocycles. The van der Waals surface area contributed by atoms with Crippen molar-refractivity contribution in [2.24, 2.45) is 0 Å². The number of fused-ring (bicyclic) bond motifs is 2. The van der Waals surface area contributed by atoms with E-state index in [-0.39, 0.29) is 5.57 Å². The van der Waals surface area contributed by atoms with Gasteiger partial charge in [-0.15, -0.1) is 0 Å². The van der Waals surface area contributed by atoms with Gasteiger partial charge in [0.25, 0.3) is 5.91 Å². The Kier molecular flexibility index (Phi) is 6.93. The fraction of sp³-hybridized carbons (Fsp3) is 0.118. The third kappa shape index (κ3) is 5.00. The first-order valence-corrected chi connectivity index (χ1v) is 12.6. The molecule has 0 bridgehead atoms. The molecule has 0 aliphatic rings. The molecule has 1 N–H and O–H groups in total. The van der Waals surface area contributed by atoms with E-state index in [0.29, 0.717) is 23.6 Å². The molecule has 5 rings (SSSR count). The summed E-state index contributed by atoms with van der Waals surface area (Å²) in [5.74, 6) is 0.159. The van der Waals surface area contributed by atoms with Gasteiger partial charge in [0.15, 0.2) is 0 Å². The minimum absolute atomic E-state index is 0.00696. The summed E-state index contributed by atoms with van der Waals surface area (Å²) in [6, 6.07) is 32.2.